The van der Waals surface area contributed by atoms with E-state index in [-0.39, 0.29) is 30.2 Å². The van der Waals surface area contributed by atoms with Crippen molar-refractivity contribution in [2.75, 3.05) is 13.2 Å². The first-order chi connectivity index (χ1) is 13.5. The van der Waals surface area contributed by atoms with E-state index in [4.69, 9.17) is 9.16 Å². The summed E-state index contributed by atoms with van der Waals surface area (Å²) in [5, 5.41) is 9.53. The fourth-order valence-electron chi connectivity index (χ4n) is 3.24. The van der Waals surface area contributed by atoms with Crippen LogP contribution in [-0.4, -0.2) is 55.7 Å². The zero-order valence-electron chi connectivity index (χ0n) is 18.5. The highest BCUT2D eigenvalue weighted by Gasteiger charge is 2.45. The minimum atomic E-state index is -2.15. The van der Waals surface area contributed by atoms with E-state index in [9.17, 15) is 14.7 Å². The van der Waals surface area contributed by atoms with Crippen LogP contribution in [0.5, 0.6) is 0 Å². The lowest BCUT2D eigenvalue weighted by Gasteiger charge is -2.41. The van der Waals surface area contributed by atoms with Crippen LogP contribution in [0.2, 0.25) is 18.1 Å². The van der Waals surface area contributed by atoms with Crippen molar-refractivity contribution >= 4 is 20.3 Å². The molecule has 1 aromatic rings. The summed E-state index contributed by atoms with van der Waals surface area (Å²) >= 11 is 0. The third-order valence-electron chi connectivity index (χ3n) is 6.13. The number of nitrogens with zero attached hydrogens (tertiary/aromatic N) is 1. The quantitative estimate of drug-likeness (QED) is 0.643. The monoisotopic (exact) mass is 421 g/mol. The maximum Gasteiger partial charge on any atom is 0.416 e. The first-order valence-corrected chi connectivity index (χ1v) is 13.2. The Labute approximate surface area is 175 Å². The molecule has 1 aliphatic rings. The van der Waals surface area contributed by atoms with Crippen molar-refractivity contribution in [2.24, 2.45) is 5.92 Å². The average molecular weight is 422 g/mol. The number of benzene rings is 1. The van der Waals surface area contributed by atoms with Gasteiger partial charge in [-0.25, -0.2) is 9.69 Å². The van der Waals surface area contributed by atoms with Gasteiger partial charge in [-0.3, -0.25) is 4.79 Å². The molecule has 3 atom stereocenters. The lowest BCUT2D eigenvalue weighted by atomic mass is 9.99. The zero-order chi connectivity index (χ0) is 21.8. The Morgan fingerprint density at radius 2 is 1.93 bits per heavy atom. The van der Waals surface area contributed by atoms with E-state index in [0.717, 1.165) is 5.56 Å². The second-order valence-corrected chi connectivity index (χ2v) is 14.1. The van der Waals surface area contributed by atoms with E-state index in [1.165, 1.54) is 4.90 Å². The molecule has 0 bridgehead atoms. The predicted octanol–water partition coefficient (Wildman–Crippen LogP) is 3.99. The van der Waals surface area contributed by atoms with Crippen LogP contribution in [0.1, 0.15) is 39.7 Å². The summed E-state index contributed by atoms with van der Waals surface area (Å²) in [5.41, 5.74) is 1.05. The summed E-state index contributed by atoms with van der Waals surface area (Å²) in [4.78, 5) is 26.9. The summed E-state index contributed by atoms with van der Waals surface area (Å²) in [7, 11) is -2.15. The Morgan fingerprint density at radius 3 is 2.48 bits per heavy atom. The lowest BCUT2D eigenvalue weighted by molar-refractivity contribution is -0.136. The zero-order valence-corrected chi connectivity index (χ0v) is 19.5. The lowest BCUT2D eigenvalue weighted by Crippen LogP contribution is -2.50. The molecule has 1 aromatic carbocycles. The third kappa shape index (κ3) is 5.68. The van der Waals surface area contributed by atoms with Crippen LogP contribution in [0.4, 0.5) is 4.79 Å². The molecule has 1 saturated heterocycles. The van der Waals surface area contributed by atoms with Crippen molar-refractivity contribution in [1.29, 1.82) is 0 Å². The van der Waals surface area contributed by atoms with Gasteiger partial charge in [0.15, 0.2) is 8.32 Å². The van der Waals surface area contributed by atoms with Crippen LogP contribution in [-0.2, 0) is 20.4 Å². The van der Waals surface area contributed by atoms with Crippen LogP contribution >= 0.6 is 0 Å². The molecule has 6 nitrogen and oxygen atoms in total. The van der Waals surface area contributed by atoms with Crippen LogP contribution in [0.25, 0.3) is 0 Å². The Kier molecular flexibility index (Phi) is 7.65. The van der Waals surface area contributed by atoms with Gasteiger partial charge in [0.05, 0.1) is 18.1 Å². The van der Waals surface area contributed by atoms with E-state index in [1.54, 1.807) is 6.92 Å². The highest BCUT2D eigenvalue weighted by atomic mass is 28.4. The molecule has 1 fully saturated rings. The van der Waals surface area contributed by atoms with Crippen molar-refractivity contribution in [3.05, 3.63) is 35.9 Å². The first kappa shape index (κ1) is 23.6. The van der Waals surface area contributed by atoms with Gasteiger partial charge in [0, 0.05) is 6.61 Å². The van der Waals surface area contributed by atoms with Crippen LogP contribution in [0.15, 0.2) is 30.3 Å². The molecule has 0 unspecified atom stereocenters. The minimum absolute atomic E-state index is 0.0219. The smallest absolute Gasteiger partial charge is 0.416 e. The Balaban J connectivity index is 2.18. The molecule has 29 heavy (non-hydrogen) atoms. The van der Waals surface area contributed by atoms with Gasteiger partial charge in [0.2, 0.25) is 5.91 Å². The number of ether oxygens (including phenoxy) is 1. The molecule has 0 radical (unpaired) electrons. The minimum Gasteiger partial charge on any atom is -0.447 e. The van der Waals surface area contributed by atoms with Gasteiger partial charge >= 0.3 is 6.09 Å². The van der Waals surface area contributed by atoms with Crippen molar-refractivity contribution in [3.63, 3.8) is 0 Å². The number of imide groups is 1. The topological polar surface area (TPSA) is 76.1 Å². The summed E-state index contributed by atoms with van der Waals surface area (Å²) < 4.78 is 11.7. The van der Waals surface area contributed by atoms with Gasteiger partial charge in [-0.2, -0.15) is 0 Å². The van der Waals surface area contributed by atoms with E-state index in [0.29, 0.717) is 12.8 Å². The van der Waals surface area contributed by atoms with Crippen molar-refractivity contribution in [3.8, 4) is 0 Å². The number of aliphatic hydroxyl groups is 1. The number of cyclic esters (lactones) is 1. The van der Waals surface area contributed by atoms with Gasteiger partial charge < -0.3 is 14.3 Å². The Morgan fingerprint density at radius 1 is 1.31 bits per heavy atom. The van der Waals surface area contributed by atoms with Gasteiger partial charge in [-0.05, 0) is 36.5 Å². The number of carbonyl (C=O) groups excluding carboxylic acids is 2. The van der Waals surface area contributed by atoms with Gasteiger partial charge in [-0.1, -0.05) is 58.0 Å². The SMILES string of the molecule is C[C@@H](C(=O)N1C(=O)OC[C@H]1Cc1ccccc1)[C@H](CCO)O[Si](C)(C)C(C)(C)C. The summed E-state index contributed by atoms with van der Waals surface area (Å²) in [6.07, 6.45) is -0.137. The summed E-state index contributed by atoms with van der Waals surface area (Å²) in [6, 6.07) is 9.43. The van der Waals surface area contributed by atoms with E-state index in [2.05, 4.69) is 33.9 Å². The van der Waals surface area contributed by atoms with Gasteiger partial charge in [0.25, 0.3) is 0 Å². The third-order valence-corrected chi connectivity index (χ3v) is 10.6. The van der Waals surface area contributed by atoms with E-state index >= 15 is 0 Å². The molecule has 0 spiro atoms. The molecule has 1 aliphatic heterocycles. The van der Waals surface area contributed by atoms with Crippen molar-refractivity contribution in [1.82, 2.24) is 4.90 Å². The maximum atomic E-state index is 13.3. The first-order valence-electron chi connectivity index (χ1n) is 10.3. The van der Waals surface area contributed by atoms with Gasteiger partial charge in [0.1, 0.15) is 6.61 Å². The number of rotatable bonds is 8. The fourth-order valence-corrected chi connectivity index (χ4v) is 4.67. The second kappa shape index (κ2) is 9.41. The molecular formula is C22H35NO5Si. The number of amides is 2. The Bertz CT molecular complexity index is 701. The molecular weight excluding hydrogens is 386 g/mol. The van der Waals surface area contributed by atoms with Crippen LogP contribution in [0.3, 0.4) is 0 Å². The predicted molar refractivity (Wildman–Crippen MR) is 115 cm³/mol. The molecule has 7 heteroatoms. The summed E-state index contributed by atoms with van der Waals surface area (Å²) in [5.74, 6) is -0.856. The molecule has 0 aromatic heterocycles. The van der Waals surface area contributed by atoms with E-state index < -0.39 is 26.4 Å². The molecule has 1 heterocycles. The Hall–Kier alpha value is -1.70. The standard InChI is InChI=1S/C22H35NO5Si/c1-16(19(12-13-24)28-29(5,6)22(2,3)4)20(25)23-18(15-27-21(23)26)14-17-10-8-7-9-11-17/h7-11,16,18-19,24H,12-15H2,1-6H3/t16-,18-,19+/m1/s1. The highest BCUT2D eigenvalue weighted by Crippen LogP contribution is 2.38. The number of aliphatic hydroxyl groups excluding tert-OH is 1. The van der Waals surface area contributed by atoms with Crippen molar-refractivity contribution in [2.45, 2.75) is 70.8 Å². The molecule has 0 aliphatic carbocycles. The summed E-state index contributed by atoms with van der Waals surface area (Å²) in [6.45, 7) is 12.5. The van der Waals surface area contributed by atoms with Crippen LogP contribution in [0, 0.1) is 5.92 Å². The van der Waals surface area contributed by atoms with Crippen molar-refractivity contribution < 1.29 is 23.9 Å². The normalized spacial score (nSPS) is 19.8. The molecule has 2 amide bonds. The number of hydrogen-bond donors (Lipinski definition) is 1. The molecule has 1 N–H and O–H groups in total. The molecule has 0 saturated carbocycles. The largest absolute Gasteiger partial charge is 0.447 e. The van der Waals surface area contributed by atoms with Crippen LogP contribution < -0.4 is 0 Å². The molecule has 2 rings (SSSR count). The number of hydrogen-bond acceptors (Lipinski definition) is 5. The maximum absolute atomic E-state index is 13.3. The van der Waals surface area contributed by atoms with Gasteiger partial charge in [-0.15, -0.1) is 0 Å². The van der Waals surface area contributed by atoms with E-state index in [1.807, 2.05) is 30.3 Å². The second-order valence-electron chi connectivity index (χ2n) is 9.35. The fraction of sp³-hybridized carbons (Fsp3) is 0.636. The highest BCUT2D eigenvalue weighted by molar-refractivity contribution is 6.74. The number of carbonyl (C=O) groups is 2. The molecule has 162 valence electrons. The average Bonchev–Trinajstić information content (AvgIpc) is 3.00.